The average molecular weight is 345 g/mol. The number of nitrogens with zero attached hydrogens (tertiary/aromatic N) is 2. The van der Waals surface area contributed by atoms with Gasteiger partial charge in [0.05, 0.1) is 16.7 Å². The van der Waals surface area contributed by atoms with Gasteiger partial charge in [0.25, 0.3) is 0 Å². The lowest BCUT2D eigenvalue weighted by molar-refractivity contribution is 0.103. The van der Waals surface area contributed by atoms with Crippen molar-refractivity contribution < 1.29 is 22.7 Å². The second-order valence-corrected chi connectivity index (χ2v) is 6.52. The molecule has 9 heteroatoms. The largest absolute Gasteiger partial charge is 0.507 e. The van der Waals surface area contributed by atoms with Crippen LogP contribution in [0.25, 0.3) is 5.76 Å². The van der Waals surface area contributed by atoms with Crippen LogP contribution in [-0.2, 0) is 9.84 Å². The Hall–Kier alpha value is -3.20. The molecule has 0 aliphatic rings. The Balaban J connectivity index is 2.01. The third-order valence-electron chi connectivity index (χ3n) is 3.12. The number of aliphatic hydroxyl groups is 1. The van der Waals surface area contributed by atoms with Crippen molar-refractivity contribution in [2.75, 3.05) is 0 Å². The Bertz CT molecular complexity index is 989. The highest BCUT2D eigenvalue weighted by molar-refractivity contribution is 7.91. The lowest BCUT2D eigenvalue weighted by atomic mass is 10.2. The number of ketones is 1. The summed E-state index contributed by atoms with van der Waals surface area (Å²) in [5.41, 5.74) is -0.119. The summed E-state index contributed by atoms with van der Waals surface area (Å²) in [5.74, 6) is -1.30. The van der Waals surface area contributed by atoms with Gasteiger partial charge < -0.3 is 9.52 Å². The number of aromatic nitrogens is 3. The van der Waals surface area contributed by atoms with Gasteiger partial charge in [-0.3, -0.25) is 9.89 Å². The van der Waals surface area contributed by atoms with Crippen LogP contribution < -0.4 is 0 Å². The van der Waals surface area contributed by atoms with Crippen LogP contribution in [0, 0.1) is 0 Å². The molecule has 1 aromatic carbocycles. The molecule has 0 amide bonds. The fourth-order valence-corrected chi connectivity index (χ4v) is 3.37. The van der Waals surface area contributed by atoms with Gasteiger partial charge in [-0.25, -0.2) is 13.4 Å². The van der Waals surface area contributed by atoms with Gasteiger partial charge in [0.2, 0.25) is 20.7 Å². The number of furan rings is 1. The molecule has 2 heterocycles. The predicted octanol–water partition coefficient (Wildman–Crippen LogP) is 2.01. The number of hydrogen-bond acceptors (Lipinski definition) is 7. The fourth-order valence-electron chi connectivity index (χ4n) is 1.99. The maximum absolute atomic E-state index is 12.6. The Kier molecular flexibility index (Phi) is 4.00. The molecule has 2 N–H and O–H groups in total. The number of aliphatic hydroxyl groups excluding tert-OH is 1. The first kappa shape index (κ1) is 15.7. The number of H-pyrrole nitrogens is 1. The smallest absolute Gasteiger partial charge is 0.240 e. The molecule has 0 saturated heterocycles. The summed E-state index contributed by atoms with van der Waals surface area (Å²) in [6, 6.07) is 8.88. The van der Waals surface area contributed by atoms with E-state index < -0.39 is 26.5 Å². The normalized spacial score (nSPS) is 12.2. The minimum absolute atomic E-state index is 0.00978. The molecule has 0 fully saturated rings. The Labute approximate surface area is 136 Å². The van der Waals surface area contributed by atoms with E-state index in [1.54, 1.807) is 18.2 Å². The summed E-state index contributed by atoms with van der Waals surface area (Å²) in [6.07, 6.45) is 3.10. The van der Waals surface area contributed by atoms with Crippen molar-refractivity contribution in [3.63, 3.8) is 0 Å². The third kappa shape index (κ3) is 2.84. The van der Waals surface area contributed by atoms with Crippen LogP contribution in [0.4, 0.5) is 0 Å². The van der Waals surface area contributed by atoms with Gasteiger partial charge in [-0.05, 0) is 18.2 Å². The lowest BCUT2D eigenvalue weighted by Gasteiger charge is -2.04. The molecule has 0 bridgehead atoms. The van der Waals surface area contributed by atoms with Gasteiger partial charge >= 0.3 is 0 Å². The van der Waals surface area contributed by atoms with E-state index in [1.807, 2.05) is 0 Å². The summed E-state index contributed by atoms with van der Waals surface area (Å²) in [5, 5.41) is 15.6. The molecule has 24 heavy (non-hydrogen) atoms. The van der Waals surface area contributed by atoms with Crippen molar-refractivity contribution in [3.05, 3.63) is 66.5 Å². The molecule has 0 radical (unpaired) electrons. The molecule has 2 aromatic heterocycles. The summed E-state index contributed by atoms with van der Waals surface area (Å²) < 4.78 is 30.2. The number of carbonyl (C=O) groups is 1. The summed E-state index contributed by atoms with van der Waals surface area (Å²) in [6.45, 7) is 0. The number of hydrogen-bond donors (Lipinski definition) is 2. The highest BCUT2D eigenvalue weighted by Crippen LogP contribution is 2.28. The number of sulfone groups is 1. The highest BCUT2D eigenvalue weighted by Gasteiger charge is 2.27. The molecular formula is C15H11N3O5S. The van der Waals surface area contributed by atoms with Crippen LogP contribution in [0.2, 0.25) is 0 Å². The number of carbonyl (C=O) groups excluding carboxylic acids is 1. The molecule has 0 atom stereocenters. The summed E-state index contributed by atoms with van der Waals surface area (Å²) >= 11 is 0. The molecule has 0 saturated carbocycles. The first-order valence-corrected chi connectivity index (χ1v) is 8.17. The Morgan fingerprint density at radius 3 is 2.62 bits per heavy atom. The highest BCUT2D eigenvalue weighted by atomic mass is 32.2. The number of allylic oxidation sites excluding steroid dienone is 1. The van der Waals surface area contributed by atoms with Crippen molar-refractivity contribution in [1.29, 1.82) is 0 Å². The van der Waals surface area contributed by atoms with E-state index in [1.165, 1.54) is 18.2 Å². The molecule has 0 aliphatic carbocycles. The van der Waals surface area contributed by atoms with Crippen LogP contribution in [0.5, 0.6) is 0 Å². The van der Waals surface area contributed by atoms with Crippen molar-refractivity contribution in [1.82, 2.24) is 15.2 Å². The Morgan fingerprint density at radius 1 is 1.21 bits per heavy atom. The van der Waals surface area contributed by atoms with Crippen molar-refractivity contribution in [2.24, 2.45) is 0 Å². The number of rotatable bonds is 5. The van der Waals surface area contributed by atoms with E-state index in [4.69, 9.17) is 4.42 Å². The van der Waals surface area contributed by atoms with Gasteiger partial charge in [0, 0.05) is 6.08 Å². The summed E-state index contributed by atoms with van der Waals surface area (Å²) in [4.78, 5) is 15.6. The minimum atomic E-state index is -3.98. The van der Waals surface area contributed by atoms with Crippen LogP contribution in [0.1, 0.15) is 16.2 Å². The average Bonchev–Trinajstić information content (AvgIpc) is 3.27. The van der Waals surface area contributed by atoms with Crippen LogP contribution >= 0.6 is 0 Å². The number of nitrogens with one attached hydrogen (secondary N) is 1. The summed E-state index contributed by atoms with van der Waals surface area (Å²) in [7, 11) is -3.98. The molecule has 3 aromatic rings. The zero-order chi connectivity index (χ0) is 17.2. The standard InChI is InChI=1S/C15H11N3O5S/c19-12(8-13(20)14-16-9-17-18-14)11-6-7-23-15(11)24(21,22)10-4-2-1-3-5-10/h1-9,19H,(H,16,17,18). The van der Waals surface area contributed by atoms with Gasteiger partial charge in [0.15, 0.2) is 5.82 Å². The molecule has 122 valence electrons. The van der Waals surface area contributed by atoms with E-state index in [0.717, 1.165) is 18.7 Å². The fraction of sp³-hybridized carbons (Fsp3) is 0. The van der Waals surface area contributed by atoms with Gasteiger partial charge in [0.1, 0.15) is 12.1 Å². The molecule has 0 unspecified atom stereocenters. The van der Waals surface area contributed by atoms with Gasteiger partial charge in [-0.1, -0.05) is 18.2 Å². The SMILES string of the molecule is O=C(C=C(O)c1ccoc1S(=O)(=O)c1ccccc1)c1ncn[nH]1. The predicted molar refractivity (Wildman–Crippen MR) is 81.9 cm³/mol. The maximum atomic E-state index is 12.6. The van der Waals surface area contributed by atoms with E-state index in [9.17, 15) is 18.3 Å². The Morgan fingerprint density at radius 2 is 1.96 bits per heavy atom. The number of aromatic amines is 1. The maximum Gasteiger partial charge on any atom is 0.240 e. The monoisotopic (exact) mass is 345 g/mol. The van der Waals surface area contributed by atoms with E-state index in [0.29, 0.717) is 0 Å². The zero-order valence-electron chi connectivity index (χ0n) is 12.1. The molecular weight excluding hydrogens is 334 g/mol. The van der Waals surface area contributed by atoms with E-state index in [2.05, 4.69) is 15.2 Å². The minimum Gasteiger partial charge on any atom is -0.507 e. The topological polar surface area (TPSA) is 126 Å². The van der Waals surface area contributed by atoms with E-state index >= 15 is 0 Å². The quantitative estimate of drug-likeness (QED) is 0.411. The van der Waals surface area contributed by atoms with Crippen molar-refractivity contribution in [3.8, 4) is 0 Å². The van der Waals surface area contributed by atoms with Crippen molar-refractivity contribution >= 4 is 21.4 Å². The molecule has 0 aliphatic heterocycles. The third-order valence-corrected chi connectivity index (χ3v) is 4.82. The lowest BCUT2D eigenvalue weighted by Crippen LogP contribution is -2.04. The van der Waals surface area contributed by atoms with Gasteiger partial charge in [-0.15, -0.1) is 0 Å². The first-order chi connectivity index (χ1) is 11.5. The van der Waals surface area contributed by atoms with Gasteiger partial charge in [-0.2, -0.15) is 5.10 Å². The van der Waals surface area contributed by atoms with Crippen LogP contribution in [0.3, 0.4) is 0 Å². The van der Waals surface area contributed by atoms with Crippen LogP contribution in [-0.4, -0.2) is 34.5 Å². The van der Waals surface area contributed by atoms with Crippen LogP contribution in [0.15, 0.2) is 69.5 Å². The zero-order valence-corrected chi connectivity index (χ0v) is 12.9. The second-order valence-electron chi connectivity index (χ2n) is 4.67. The van der Waals surface area contributed by atoms with Crippen molar-refractivity contribution in [2.45, 2.75) is 9.99 Å². The molecule has 8 nitrogen and oxygen atoms in total. The number of benzene rings is 1. The van der Waals surface area contributed by atoms with E-state index in [-0.39, 0.29) is 16.3 Å². The second kappa shape index (κ2) is 6.13. The molecule has 0 spiro atoms. The molecule has 3 rings (SSSR count). The first-order valence-electron chi connectivity index (χ1n) is 6.68.